The summed E-state index contributed by atoms with van der Waals surface area (Å²) in [6.45, 7) is 1.93. The van der Waals surface area contributed by atoms with Crippen LogP contribution in [0.2, 0.25) is 5.02 Å². The summed E-state index contributed by atoms with van der Waals surface area (Å²) in [5.74, 6) is 0. The van der Waals surface area contributed by atoms with Crippen LogP contribution in [-0.2, 0) is 6.54 Å². The molecule has 0 aliphatic heterocycles. The molecule has 3 rings (SSSR count). The first-order chi connectivity index (χ1) is 9.24. The summed E-state index contributed by atoms with van der Waals surface area (Å²) in [7, 11) is 0. The molecule has 2 aromatic rings. The van der Waals surface area contributed by atoms with Crippen LogP contribution in [-0.4, -0.2) is 22.5 Å². The van der Waals surface area contributed by atoms with Crippen molar-refractivity contribution in [2.45, 2.75) is 24.1 Å². The van der Waals surface area contributed by atoms with Crippen LogP contribution in [0.3, 0.4) is 0 Å². The first-order valence-corrected chi connectivity index (χ1v) is 8.12. The molecule has 1 saturated carbocycles. The van der Waals surface area contributed by atoms with E-state index < -0.39 is 0 Å². The van der Waals surface area contributed by atoms with Crippen LogP contribution < -0.4 is 5.32 Å². The number of nitrogens with one attached hydrogen (secondary N) is 1. The van der Waals surface area contributed by atoms with E-state index in [1.807, 2.05) is 36.2 Å². The molecule has 1 fully saturated rings. The first kappa shape index (κ1) is 13.2. The number of fused-ring (bicyclic) bond motifs is 1. The standard InChI is InChI=1S/C15H17ClN2S/c1-19-15(6-7-15)10-17-9-11-4-5-13(16)12-3-2-8-18-14(11)12/h2-5,8,17H,6-7,9-10H2,1H3. The van der Waals surface area contributed by atoms with Gasteiger partial charge in [-0.1, -0.05) is 17.7 Å². The van der Waals surface area contributed by atoms with Crippen LogP contribution >= 0.6 is 23.4 Å². The van der Waals surface area contributed by atoms with E-state index in [1.54, 1.807) is 0 Å². The van der Waals surface area contributed by atoms with Crippen LogP contribution in [0.4, 0.5) is 0 Å². The summed E-state index contributed by atoms with van der Waals surface area (Å²) < 4.78 is 0.496. The molecule has 100 valence electrons. The molecule has 1 heterocycles. The summed E-state index contributed by atoms with van der Waals surface area (Å²) in [5.41, 5.74) is 2.23. The van der Waals surface area contributed by atoms with Crippen LogP contribution in [0, 0.1) is 0 Å². The Hall–Kier alpha value is -0.770. The van der Waals surface area contributed by atoms with E-state index in [0.29, 0.717) is 4.75 Å². The summed E-state index contributed by atoms with van der Waals surface area (Å²) in [4.78, 5) is 4.46. The van der Waals surface area contributed by atoms with Crippen LogP contribution in [0.25, 0.3) is 10.9 Å². The first-order valence-electron chi connectivity index (χ1n) is 6.52. The van der Waals surface area contributed by atoms with Crippen molar-refractivity contribution in [1.82, 2.24) is 10.3 Å². The zero-order valence-electron chi connectivity index (χ0n) is 10.9. The summed E-state index contributed by atoms with van der Waals surface area (Å²) in [5, 5.41) is 5.37. The topological polar surface area (TPSA) is 24.9 Å². The highest BCUT2D eigenvalue weighted by Gasteiger charge is 2.41. The Labute approximate surface area is 122 Å². The summed E-state index contributed by atoms with van der Waals surface area (Å²) in [6.07, 6.45) is 6.70. The molecule has 4 heteroatoms. The number of halogens is 1. The van der Waals surface area contributed by atoms with Gasteiger partial charge in [0.25, 0.3) is 0 Å². The van der Waals surface area contributed by atoms with E-state index in [-0.39, 0.29) is 0 Å². The van der Waals surface area contributed by atoms with Crippen LogP contribution in [0.5, 0.6) is 0 Å². The number of hydrogen-bond acceptors (Lipinski definition) is 3. The largest absolute Gasteiger partial charge is 0.311 e. The van der Waals surface area contributed by atoms with Crippen molar-refractivity contribution in [2.75, 3.05) is 12.8 Å². The molecule has 0 atom stereocenters. The van der Waals surface area contributed by atoms with Crippen molar-refractivity contribution in [1.29, 1.82) is 0 Å². The number of nitrogens with zero attached hydrogens (tertiary/aromatic N) is 1. The van der Waals surface area contributed by atoms with Gasteiger partial charge in [0.15, 0.2) is 0 Å². The average molecular weight is 293 g/mol. The third-order valence-corrected chi connectivity index (χ3v) is 5.55. The van der Waals surface area contributed by atoms with E-state index >= 15 is 0 Å². The maximum absolute atomic E-state index is 6.20. The predicted molar refractivity (Wildman–Crippen MR) is 83.9 cm³/mol. The molecule has 2 nitrogen and oxygen atoms in total. The van der Waals surface area contributed by atoms with Gasteiger partial charge in [-0.2, -0.15) is 11.8 Å². The zero-order valence-corrected chi connectivity index (χ0v) is 12.5. The molecular formula is C15H17ClN2S. The minimum Gasteiger partial charge on any atom is -0.311 e. The van der Waals surface area contributed by atoms with Gasteiger partial charge in [0.2, 0.25) is 0 Å². The molecule has 1 aromatic carbocycles. The smallest absolute Gasteiger partial charge is 0.0761 e. The van der Waals surface area contributed by atoms with E-state index in [9.17, 15) is 0 Å². The molecule has 1 aliphatic rings. The molecule has 0 spiro atoms. The molecule has 0 amide bonds. The summed E-state index contributed by atoms with van der Waals surface area (Å²) >= 11 is 8.18. The second-order valence-electron chi connectivity index (χ2n) is 5.10. The quantitative estimate of drug-likeness (QED) is 0.905. The Kier molecular flexibility index (Phi) is 3.70. The molecule has 19 heavy (non-hydrogen) atoms. The van der Waals surface area contributed by atoms with Gasteiger partial charge in [0, 0.05) is 34.4 Å². The minimum absolute atomic E-state index is 0.496. The highest BCUT2D eigenvalue weighted by atomic mass is 35.5. The lowest BCUT2D eigenvalue weighted by Gasteiger charge is -2.14. The van der Waals surface area contributed by atoms with Gasteiger partial charge in [-0.15, -0.1) is 0 Å². The number of pyridine rings is 1. The Morgan fingerprint density at radius 2 is 2.21 bits per heavy atom. The third kappa shape index (κ3) is 2.73. The predicted octanol–water partition coefficient (Wildman–Crippen LogP) is 3.87. The number of aromatic nitrogens is 1. The van der Waals surface area contributed by atoms with Gasteiger partial charge in [0.1, 0.15) is 0 Å². The van der Waals surface area contributed by atoms with Crippen molar-refractivity contribution < 1.29 is 0 Å². The number of benzene rings is 1. The van der Waals surface area contributed by atoms with Gasteiger partial charge < -0.3 is 5.32 Å². The van der Waals surface area contributed by atoms with E-state index in [4.69, 9.17) is 11.6 Å². The van der Waals surface area contributed by atoms with E-state index in [1.165, 1.54) is 18.4 Å². The van der Waals surface area contributed by atoms with Gasteiger partial charge in [-0.05, 0) is 42.9 Å². The lowest BCUT2D eigenvalue weighted by atomic mass is 10.1. The minimum atomic E-state index is 0.496. The van der Waals surface area contributed by atoms with Gasteiger partial charge in [-0.3, -0.25) is 4.98 Å². The molecule has 0 bridgehead atoms. The third-order valence-electron chi connectivity index (χ3n) is 3.80. The van der Waals surface area contributed by atoms with E-state index in [2.05, 4.69) is 22.6 Å². The van der Waals surface area contributed by atoms with Crippen molar-refractivity contribution >= 4 is 34.3 Å². The van der Waals surface area contributed by atoms with Crippen LogP contribution in [0.1, 0.15) is 18.4 Å². The Morgan fingerprint density at radius 1 is 1.37 bits per heavy atom. The normalized spacial score (nSPS) is 16.7. The number of rotatable bonds is 5. The Bertz CT molecular complexity index is 596. The fourth-order valence-electron chi connectivity index (χ4n) is 2.36. The molecule has 1 aromatic heterocycles. The maximum Gasteiger partial charge on any atom is 0.0761 e. The van der Waals surface area contributed by atoms with Crippen molar-refractivity contribution in [3.05, 3.63) is 41.0 Å². The Morgan fingerprint density at radius 3 is 2.95 bits per heavy atom. The molecule has 1 N–H and O–H groups in total. The fourth-order valence-corrected chi connectivity index (χ4v) is 3.33. The van der Waals surface area contributed by atoms with E-state index in [0.717, 1.165) is 29.0 Å². The Balaban J connectivity index is 1.76. The lowest BCUT2D eigenvalue weighted by molar-refractivity contribution is 0.665. The highest BCUT2D eigenvalue weighted by Crippen LogP contribution is 2.46. The lowest BCUT2D eigenvalue weighted by Crippen LogP contribution is -2.25. The second kappa shape index (κ2) is 5.31. The van der Waals surface area contributed by atoms with Crippen molar-refractivity contribution in [3.63, 3.8) is 0 Å². The average Bonchev–Trinajstić information content (AvgIpc) is 3.22. The molecular weight excluding hydrogens is 276 g/mol. The monoisotopic (exact) mass is 292 g/mol. The zero-order chi connectivity index (χ0) is 13.3. The number of hydrogen-bond donors (Lipinski definition) is 1. The van der Waals surface area contributed by atoms with Gasteiger partial charge in [-0.25, -0.2) is 0 Å². The van der Waals surface area contributed by atoms with Gasteiger partial charge in [0.05, 0.1) is 5.52 Å². The molecule has 0 saturated heterocycles. The second-order valence-corrected chi connectivity index (χ2v) is 6.78. The molecule has 1 aliphatic carbocycles. The molecule has 0 unspecified atom stereocenters. The SMILES string of the molecule is CSC1(CNCc2ccc(Cl)c3cccnc23)CC1. The maximum atomic E-state index is 6.20. The number of thioether (sulfide) groups is 1. The fraction of sp³-hybridized carbons (Fsp3) is 0.400. The van der Waals surface area contributed by atoms with Gasteiger partial charge >= 0.3 is 0 Å². The highest BCUT2D eigenvalue weighted by molar-refractivity contribution is 8.00. The van der Waals surface area contributed by atoms with Crippen molar-refractivity contribution in [2.24, 2.45) is 0 Å². The summed E-state index contributed by atoms with van der Waals surface area (Å²) in [6, 6.07) is 7.99. The molecule has 0 radical (unpaired) electrons. The van der Waals surface area contributed by atoms with Crippen molar-refractivity contribution in [3.8, 4) is 0 Å². The van der Waals surface area contributed by atoms with Crippen LogP contribution in [0.15, 0.2) is 30.5 Å².